The van der Waals surface area contributed by atoms with E-state index in [2.05, 4.69) is 6.92 Å². The summed E-state index contributed by atoms with van der Waals surface area (Å²) >= 11 is 0. The molecule has 0 amide bonds. The minimum atomic E-state index is -0.695. The molecule has 198 valence electrons. The molecule has 0 saturated carbocycles. The van der Waals surface area contributed by atoms with E-state index in [0.29, 0.717) is 6.42 Å². The molecule has 1 unspecified atom stereocenters. The fraction of sp³-hybridized carbons (Fsp3) is 0.839. The summed E-state index contributed by atoms with van der Waals surface area (Å²) in [7, 11) is 0. The molecule has 0 spiro atoms. The standard InChI is InChI=1S/C31H56O3/c1-2-3-4-5-6-7-8-9-10-11-12-13-14-15-16-17-18-19-20-21-22-23-25-29(31(32)33)28-30-26-24-27-34-30/h24,26-27,29H,2-23,25,28H2,1H3,(H,32,33). The molecular weight excluding hydrogens is 420 g/mol. The van der Waals surface area contributed by atoms with Crippen LogP contribution in [0.15, 0.2) is 22.8 Å². The molecule has 1 atom stereocenters. The predicted molar refractivity (Wildman–Crippen MR) is 145 cm³/mol. The average Bonchev–Trinajstić information content (AvgIpc) is 3.34. The maximum atomic E-state index is 11.4. The van der Waals surface area contributed by atoms with Crippen molar-refractivity contribution >= 4 is 5.97 Å². The maximum Gasteiger partial charge on any atom is 0.306 e. The molecule has 0 fully saturated rings. The van der Waals surface area contributed by atoms with Gasteiger partial charge < -0.3 is 9.52 Å². The monoisotopic (exact) mass is 476 g/mol. The van der Waals surface area contributed by atoms with Crippen LogP contribution in [0.4, 0.5) is 0 Å². The first-order valence-electron chi connectivity index (χ1n) is 15.0. The first-order valence-corrected chi connectivity index (χ1v) is 15.0. The lowest BCUT2D eigenvalue weighted by molar-refractivity contribution is -0.142. The fourth-order valence-corrected chi connectivity index (χ4v) is 4.98. The zero-order valence-electron chi connectivity index (χ0n) is 22.5. The van der Waals surface area contributed by atoms with Gasteiger partial charge in [0.2, 0.25) is 0 Å². The van der Waals surface area contributed by atoms with E-state index < -0.39 is 5.97 Å². The van der Waals surface area contributed by atoms with Gasteiger partial charge in [-0.2, -0.15) is 0 Å². The number of unbranched alkanes of at least 4 members (excludes halogenated alkanes) is 21. The Labute approximate surface area is 211 Å². The molecule has 0 aromatic carbocycles. The molecule has 1 N–H and O–H groups in total. The highest BCUT2D eigenvalue weighted by Gasteiger charge is 2.18. The minimum Gasteiger partial charge on any atom is -0.481 e. The Morgan fingerprint density at radius 1 is 0.676 bits per heavy atom. The van der Waals surface area contributed by atoms with Crippen LogP contribution in [0.25, 0.3) is 0 Å². The normalized spacial score (nSPS) is 12.3. The summed E-state index contributed by atoms with van der Waals surface area (Å²) in [6.07, 6.45) is 33.3. The van der Waals surface area contributed by atoms with Crippen molar-refractivity contribution in [3.8, 4) is 0 Å². The van der Waals surface area contributed by atoms with Crippen molar-refractivity contribution in [1.29, 1.82) is 0 Å². The van der Waals surface area contributed by atoms with Crippen LogP contribution in [-0.2, 0) is 11.2 Å². The molecule has 1 aromatic rings. The zero-order chi connectivity index (χ0) is 24.5. The largest absolute Gasteiger partial charge is 0.481 e. The molecule has 0 aliphatic carbocycles. The van der Waals surface area contributed by atoms with Crippen molar-refractivity contribution < 1.29 is 14.3 Å². The maximum absolute atomic E-state index is 11.4. The van der Waals surface area contributed by atoms with Gasteiger partial charge in [0.05, 0.1) is 12.2 Å². The summed E-state index contributed by atoms with van der Waals surface area (Å²) in [6, 6.07) is 3.70. The number of hydrogen-bond donors (Lipinski definition) is 1. The van der Waals surface area contributed by atoms with E-state index >= 15 is 0 Å². The molecule has 0 bridgehead atoms. The Bertz CT molecular complexity index is 537. The number of hydrogen-bond acceptors (Lipinski definition) is 2. The Morgan fingerprint density at radius 2 is 1.06 bits per heavy atom. The first kappa shape index (κ1) is 30.8. The summed E-state index contributed by atoms with van der Waals surface area (Å²) in [4.78, 5) is 11.4. The number of furan rings is 1. The van der Waals surface area contributed by atoms with Crippen LogP contribution in [0.1, 0.15) is 160 Å². The average molecular weight is 477 g/mol. The first-order chi connectivity index (χ1) is 16.7. The van der Waals surface area contributed by atoms with Gasteiger partial charge in [0, 0.05) is 6.42 Å². The number of rotatable bonds is 26. The lowest BCUT2D eigenvalue weighted by Gasteiger charge is -2.10. The number of carboxylic acids is 1. The lowest BCUT2D eigenvalue weighted by Crippen LogP contribution is -2.16. The van der Waals surface area contributed by atoms with Crippen molar-refractivity contribution in [3.05, 3.63) is 24.2 Å². The lowest BCUT2D eigenvalue weighted by atomic mass is 9.96. The van der Waals surface area contributed by atoms with Gasteiger partial charge in [0.15, 0.2) is 0 Å². The smallest absolute Gasteiger partial charge is 0.306 e. The molecule has 0 aliphatic rings. The summed E-state index contributed by atoms with van der Waals surface area (Å²) < 4.78 is 5.30. The van der Waals surface area contributed by atoms with Gasteiger partial charge in [-0.3, -0.25) is 4.79 Å². The van der Waals surface area contributed by atoms with Gasteiger partial charge in [-0.25, -0.2) is 0 Å². The Balaban J connectivity index is 1.75. The van der Waals surface area contributed by atoms with Crippen LogP contribution >= 0.6 is 0 Å². The highest BCUT2D eigenvalue weighted by molar-refractivity contribution is 5.70. The van der Waals surface area contributed by atoms with Crippen molar-refractivity contribution in [1.82, 2.24) is 0 Å². The van der Waals surface area contributed by atoms with Gasteiger partial charge in [0.1, 0.15) is 5.76 Å². The van der Waals surface area contributed by atoms with Crippen LogP contribution in [-0.4, -0.2) is 11.1 Å². The molecule has 3 heteroatoms. The summed E-state index contributed by atoms with van der Waals surface area (Å²) in [5.74, 6) is -0.220. The van der Waals surface area contributed by atoms with Gasteiger partial charge in [0.25, 0.3) is 0 Å². The molecule has 3 nitrogen and oxygen atoms in total. The quantitative estimate of drug-likeness (QED) is 0.135. The second-order valence-corrected chi connectivity index (χ2v) is 10.5. The van der Waals surface area contributed by atoms with E-state index in [4.69, 9.17) is 4.42 Å². The van der Waals surface area contributed by atoms with Gasteiger partial charge in [-0.05, 0) is 18.6 Å². The van der Waals surface area contributed by atoms with Crippen LogP contribution in [0, 0.1) is 5.92 Å². The van der Waals surface area contributed by atoms with Crippen molar-refractivity contribution in [2.24, 2.45) is 5.92 Å². The van der Waals surface area contributed by atoms with Gasteiger partial charge in [-0.15, -0.1) is 0 Å². The van der Waals surface area contributed by atoms with Crippen LogP contribution < -0.4 is 0 Å². The Morgan fingerprint density at radius 3 is 1.38 bits per heavy atom. The minimum absolute atomic E-state index is 0.309. The van der Waals surface area contributed by atoms with Crippen LogP contribution in [0.3, 0.4) is 0 Å². The number of carbonyl (C=O) groups is 1. The van der Waals surface area contributed by atoms with E-state index in [-0.39, 0.29) is 5.92 Å². The summed E-state index contributed by atoms with van der Waals surface area (Å²) in [5.41, 5.74) is 0. The Kier molecular flexibility index (Phi) is 21.3. The molecule has 1 heterocycles. The third-order valence-electron chi connectivity index (χ3n) is 7.28. The van der Waals surface area contributed by atoms with E-state index in [0.717, 1.165) is 25.0 Å². The highest BCUT2D eigenvalue weighted by Crippen LogP contribution is 2.19. The van der Waals surface area contributed by atoms with E-state index in [1.165, 1.54) is 128 Å². The molecule has 0 saturated heterocycles. The van der Waals surface area contributed by atoms with E-state index in [1.54, 1.807) is 6.26 Å². The Hall–Kier alpha value is -1.25. The molecule has 1 aromatic heterocycles. The van der Waals surface area contributed by atoms with Crippen molar-refractivity contribution in [3.63, 3.8) is 0 Å². The SMILES string of the molecule is CCCCCCCCCCCCCCCCCCCCCCCCC(Cc1ccco1)C(=O)O. The van der Waals surface area contributed by atoms with Crippen molar-refractivity contribution in [2.45, 2.75) is 161 Å². The molecule has 0 radical (unpaired) electrons. The van der Waals surface area contributed by atoms with Crippen molar-refractivity contribution in [2.75, 3.05) is 0 Å². The topological polar surface area (TPSA) is 50.4 Å². The van der Waals surface area contributed by atoms with E-state index in [1.807, 2.05) is 12.1 Å². The second kappa shape index (κ2) is 23.5. The summed E-state index contributed by atoms with van der Waals surface area (Å²) in [6.45, 7) is 2.29. The molecule has 34 heavy (non-hydrogen) atoms. The molecule has 0 aliphatic heterocycles. The third kappa shape index (κ3) is 19.1. The van der Waals surface area contributed by atoms with Crippen LogP contribution in [0.5, 0.6) is 0 Å². The molecule has 1 rings (SSSR count). The highest BCUT2D eigenvalue weighted by atomic mass is 16.4. The number of carboxylic acid groups (broad SMARTS) is 1. The second-order valence-electron chi connectivity index (χ2n) is 10.5. The number of aliphatic carboxylic acids is 1. The van der Waals surface area contributed by atoms with Crippen LogP contribution in [0.2, 0.25) is 0 Å². The summed E-state index contributed by atoms with van der Waals surface area (Å²) in [5, 5.41) is 9.40. The van der Waals surface area contributed by atoms with E-state index in [9.17, 15) is 9.90 Å². The van der Waals surface area contributed by atoms with Gasteiger partial charge >= 0.3 is 5.97 Å². The third-order valence-corrected chi connectivity index (χ3v) is 7.28. The zero-order valence-corrected chi connectivity index (χ0v) is 22.5. The molecular formula is C31H56O3. The fourth-order valence-electron chi connectivity index (χ4n) is 4.98. The predicted octanol–water partition coefficient (Wildman–Crippen LogP) is 10.5. The van der Waals surface area contributed by atoms with Gasteiger partial charge in [-0.1, -0.05) is 148 Å².